The minimum atomic E-state index is -0.496. The second-order valence-corrected chi connectivity index (χ2v) is 6.48. The van der Waals surface area contributed by atoms with Crippen molar-refractivity contribution in [2.24, 2.45) is 0 Å². The number of anilines is 2. The summed E-state index contributed by atoms with van der Waals surface area (Å²) in [4.78, 5) is 16.6. The summed E-state index contributed by atoms with van der Waals surface area (Å²) in [5.74, 6) is 0.922. The molecule has 1 heterocycles. The number of carbonyl (C=O) groups is 1. The average Bonchev–Trinajstić information content (AvgIpc) is 2.71. The molecule has 1 atom stereocenters. The minimum Gasteiger partial charge on any atom is -0.496 e. The first kappa shape index (κ1) is 19.5. The molecule has 3 N–H and O–H groups in total. The third-order valence-corrected chi connectivity index (χ3v) is 4.34. The lowest BCUT2D eigenvalue weighted by atomic mass is 10.1. The maximum Gasteiger partial charge on any atom is 0.255 e. The highest BCUT2D eigenvalue weighted by atomic mass is 35.5. The van der Waals surface area contributed by atoms with Gasteiger partial charge in [-0.05, 0) is 31.2 Å². The van der Waals surface area contributed by atoms with E-state index in [4.69, 9.17) is 26.8 Å². The van der Waals surface area contributed by atoms with E-state index in [2.05, 4.69) is 10.3 Å². The van der Waals surface area contributed by atoms with Crippen LogP contribution in [0.3, 0.4) is 0 Å². The molecule has 0 aliphatic rings. The monoisotopic (exact) mass is 397 g/mol. The van der Waals surface area contributed by atoms with Crippen molar-refractivity contribution in [2.45, 2.75) is 13.0 Å². The number of carbonyl (C=O) groups excluding carboxylic acids is 1. The van der Waals surface area contributed by atoms with Gasteiger partial charge in [-0.25, -0.2) is 4.98 Å². The Balaban J connectivity index is 1.92. The molecule has 0 saturated carbocycles. The number of amides is 1. The van der Waals surface area contributed by atoms with Crippen molar-refractivity contribution in [2.75, 3.05) is 18.2 Å². The molecule has 0 unspecified atom stereocenters. The molecule has 0 spiro atoms. The van der Waals surface area contributed by atoms with Crippen LogP contribution in [-0.4, -0.2) is 18.0 Å². The summed E-state index contributed by atoms with van der Waals surface area (Å²) in [7, 11) is 1.56. The maximum atomic E-state index is 12.6. The standard InChI is InChI=1S/C21H20ClN3O3/c1-13(28-18-11-15(22)12-24-20(18)23)19-16(9-6-10-17(19)27-2)25-21(26)14-7-4-3-5-8-14/h3-13H,1-2H3,(H2,23,24)(H,25,26)/t13-/m0/s1. The molecule has 0 fully saturated rings. The van der Waals surface area contributed by atoms with Gasteiger partial charge in [0.05, 0.1) is 23.4 Å². The number of aromatic nitrogens is 1. The summed E-state index contributed by atoms with van der Waals surface area (Å²) in [6.07, 6.45) is 0.952. The Kier molecular flexibility index (Phi) is 6.01. The van der Waals surface area contributed by atoms with Crippen molar-refractivity contribution < 1.29 is 14.3 Å². The normalized spacial score (nSPS) is 11.5. The van der Waals surface area contributed by atoms with Crippen LogP contribution in [0.4, 0.5) is 11.5 Å². The van der Waals surface area contributed by atoms with Gasteiger partial charge in [0, 0.05) is 17.8 Å². The lowest BCUT2D eigenvalue weighted by molar-refractivity contribution is 0.102. The largest absolute Gasteiger partial charge is 0.496 e. The fourth-order valence-corrected chi connectivity index (χ4v) is 2.96. The number of nitrogens with zero attached hydrogens (tertiary/aromatic N) is 1. The number of nitrogens with two attached hydrogens (primary N) is 1. The zero-order valence-electron chi connectivity index (χ0n) is 15.5. The van der Waals surface area contributed by atoms with Gasteiger partial charge >= 0.3 is 0 Å². The fourth-order valence-electron chi connectivity index (χ4n) is 2.81. The van der Waals surface area contributed by atoms with Crippen molar-refractivity contribution in [1.29, 1.82) is 0 Å². The second-order valence-electron chi connectivity index (χ2n) is 6.04. The summed E-state index contributed by atoms with van der Waals surface area (Å²) in [6, 6.07) is 15.9. The van der Waals surface area contributed by atoms with Crippen LogP contribution in [-0.2, 0) is 0 Å². The second kappa shape index (κ2) is 8.63. The molecule has 0 bridgehead atoms. The highest BCUT2D eigenvalue weighted by molar-refractivity contribution is 6.30. The first-order valence-electron chi connectivity index (χ1n) is 8.60. The lowest BCUT2D eigenvalue weighted by Gasteiger charge is -2.22. The lowest BCUT2D eigenvalue weighted by Crippen LogP contribution is -2.16. The summed E-state index contributed by atoms with van der Waals surface area (Å²) < 4.78 is 11.5. The van der Waals surface area contributed by atoms with Gasteiger partial charge in [0.15, 0.2) is 11.6 Å². The average molecular weight is 398 g/mol. The van der Waals surface area contributed by atoms with Gasteiger partial charge in [0.1, 0.15) is 11.9 Å². The van der Waals surface area contributed by atoms with Gasteiger partial charge in [0.2, 0.25) is 0 Å². The number of hydrogen-bond acceptors (Lipinski definition) is 5. The molecule has 1 amide bonds. The number of nitrogen functional groups attached to an aromatic ring is 1. The molecule has 3 aromatic rings. The molecule has 0 radical (unpaired) electrons. The van der Waals surface area contributed by atoms with Crippen molar-refractivity contribution in [3.63, 3.8) is 0 Å². The highest BCUT2D eigenvalue weighted by Gasteiger charge is 2.21. The first-order valence-corrected chi connectivity index (χ1v) is 8.98. The van der Waals surface area contributed by atoms with E-state index in [1.807, 2.05) is 25.1 Å². The van der Waals surface area contributed by atoms with Crippen molar-refractivity contribution in [3.05, 3.63) is 76.9 Å². The molecule has 1 aromatic heterocycles. The SMILES string of the molecule is COc1cccc(NC(=O)c2ccccc2)c1[C@H](C)Oc1cc(Cl)cnc1N. The molecule has 7 heteroatoms. The Morgan fingerprint density at radius 2 is 1.89 bits per heavy atom. The van der Waals surface area contributed by atoms with E-state index < -0.39 is 6.10 Å². The Bertz CT molecular complexity index is 980. The predicted octanol–water partition coefficient (Wildman–Crippen LogP) is 4.72. The molecule has 0 saturated heterocycles. The van der Waals surface area contributed by atoms with Crippen LogP contribution in [0.5, 0.6) is 11.5 Å². The molecule has 3 rings (SSSR count). The zero-order valence-corrected chi connectivity index (χ0v) is 16.2. The number of halogens is 1. The van der Waals surface area contributed by atoms with Crippen molar-refractivity contribution in [1.82, 2.24) is 4.98 Å². The van der Waals surface area contributed by atoms with E-state index in [0.717, 1.165) is 0 Å². The van der Waals surface area contributed by atoms with E-state index in [0.29, 0.717) is 33.3 Å². The van der Waals surface area contributed by atoms with Gasteiger partial charge in [-0.15, -0.1) is 0 Å². The van der Waals surface area contributed by atoms with E-state index in [-0.39, 0.29) is 11.7 Å². The zero-order chi connectivity index (χ0) is 20.1. The molecule has 0 aliphatic carbocycles. The van der Waals surface area contributed by atoms with Crippen molar-refractivity contribution >= 4 is 29.0 Å². The number of rotatable bonds is 6. The topological polar surface area (TPSA) is 86.5 Å². The van der Waals surface area contributed by atoms with Gasteiger partial charge in [-0.3, -0.25) is 4.79 Å². The summed E-state index contributed by atoms with van der Waals surface area (Å²) >= 11 is 5.99. The molecule has 144 valence electrons. The molecule has 6 nitrogen and oxygen atoms in total. The quantitative estimate of drug-likeness (QED) is 0.628. The number of methoxy groups -OCH3 is 1. The number of hydrogen-bond donors (Lipinski definition) is 2. The number of benzene rings is 2. The summed E-state index contributed by atoms with van der Waals surface area (Å²) in [6.45, 7) is 1.83. The third kappa shape index (κ3) is 4.35. The summed E-state index contributed by atoms with van der Waals surface area (Å²) in [5.41, 5.74) is 7.69. The number of pyridine rings is 1. The smallest absolute Gasteiger partial charge is 0.255 e. The number of nitrogens with one attached hydrogen (secondary N) is 1. The van der Waals surface area contributed by atoms with Crippen LogP contribution < -0.4 is 20.5 Å². The molecule has 2 aromatic carbocycles. The third-order valence-electron chi connectivity index (χ3n) is 4.13. The van der Waals surface area contributed by atoms with E-state index in [1.54, 1.807) is 43.5 Å². The van der Waals surface area contributed by atoms with Gasteiger partial charge in [-0.1, -0.05) is 35.9 Å². The number of ether oxygens (including phenoxy) is 2. The van der Waals surface area contributed by atoms with E-state index >= 15 is 0 Å². The maximum absolute atomic E-state index is 12.6. The van der Waals surface area contributed by atoms with Crippen LogP contribution in [0.15, 0.2) is 60.8 Å². The van der Waals surface area contributed by atoms with Crippen LogP contribution in [0.25, 0.3) is 0 Å². The van der Waals surface area contributed by atoms with Crippen LogP contribution in [0, 0.1) is 0 Å². The molecule has 0 aliphatic heterocycles. The minimum absolute atomic E-state index is 0.223. The van der Waals surface area contributed by atoms with Gasteiger partial charge < -0.3 is 20.5 Å². The Hall–Kier alpha value is -3.25. The molecular weight excluding hydrogens is 378 g/mol. The van der Waals surface area contributed by atoms with Crippen LogP contribution in [0.1, 0.15) is 28.9 Å². The highest BCUT2D eigenvalue weighted by Crippen LogP contribution is 2.36. The molecular formula is C21H20ClN3O3. The van der Waals surface area contributed by atoms with Gasteiger partial charge in [-0.2, -0.15) is 0 Å². The first-order chi connectivity index (χ1) is 13.5. The van der Waals surface area contributed by atoms with Crippen molar-refractivity contribution in [3.8, 4) is 11.5 Å². The Morgan fingerprint density at radius 1 is 1.14 bits per heavy atom. The predicted molar refractivity (Wildman–Crippen MR) is 110 cm³/mol. The summed E-state index contributed by atoms with van der Waals surface area (Å²) in [5, 5.41) is 3.33. The van der Waals surface area contributed by atoms with Gasteiger partial charge in [0.25, 0.3) is 5.91 Å². The van der Waals surface area contributed by atoms with E-state index in [9.17, 15) is 4.79 Å². The Labute approximate surface area is 168 Å². The van der Waals surface area contributed by atoms with Crippen LogP contribution in [0.2, 0.25) is 5.02 Å². The fraction of sp³-hybridized carbons (Fsp3) is 0.143. The van der Waals surface area contributed by atoms with E-state index in [1.165, 1.54) is 6.20 Å². The van der Waals surface area contributed by atoms with Crippen LogP contribution >= 0.6 is 11.6 Å². The molecule has 28 heavy (non-hydrogen) atoms. The Morgan fingerprint density at radius 3 is 2.61 bits per heavy atom.